The van der Waals surface area contributed by atoms with Crippen LogP contribution in [0, 0.1) is 0 Å². The van der Waals surface area contributed by atoms with Crippen molar-refractivity contribution >= 4 is 39.3 Å². The smallest absolute Gasteiger partial charge is 0.247 e. The van der Waals surface area contributed by atoms with Crippen molar-refractivity contribution in [3.05, 3.63) is 18.2 Å². The van der Waals surface area contributed by atoms with E-state index >= 15 is 0 Å². The van der Waals surface area contributed by atoms with E-state index in [1.165, 1.54) is 23.9 Å². The molecular formula is C18H25N3O4S2. The summed E-state index contributed by atoms with van der Waals surface area (Å²) in [5, 5.41) is 1.89. The molecular weight excluding hydrogens is 386 g/mol. The molecule has 1 unspecified atom stereocenters. The molecule has 27 heavy (non-hydrogen) atoms. The molecule has 0 spiro atoms. The number of rotatable bonds is 5. The van der Waals surface area contributed by atoms with Gasteiger partial charge in [0.15, 0.2) is 5.25 Å². The Morgan fingerprint density at radius 2 is 1.96 bits per heavy atom. The van der Waals surface area contributed by atoms with Crippen molar-refractivity contribution < 1.29 is 18.0 Å². The van der Waals surface area contributed by atoms with Gasteiger partial charge in [0.1, 0.15) is 0 Å². The van der Waals surface area contributed by atoms with Crippen molar-refractivity contribution in [1.29, 1.82) is 0 Å². The zero-order valence-electron chi connectivity index (χ0n) is 15.4. The van der Waals surface area contributed by atoms with Crippen molar-refractivity contribution in [3.63, 3.8) is 0 Å². The second kappa shape index (κ2) is 8.62. The molecule has 7 nitrogen and oxygen atoms in total. The fraction of sp³-hybridized carbons (Fsp3) is 0.556. The van der Waals surface area contributed by atoms with Gasteiger partial charge in [-0.1, -0.05) is 19.8 Å². The normalized spacial score (nSPS) is 20.6. The van der Waals surface area contributed by atoms with Crippen LogP contribution in [0.3, 0.4) is 0 Å². The third-order valence-corrected chi connectivity index (χ3v) is 7.41. The molecule has 0 aliphatic carbocycles. The molecule has 1 fully saturated rings. The van der Waals surface area contributed by atoms with E-state index in [-0.39, 0.29) is 10.8 Å². The van der Waals surface area contributed by atoms with Crippen molar-refractivity contribution in [2.24, 2.45) is 0 Å². The van der Waals surface area contributed by atoms with E-state index in [0.29, 0.717) is 36.6 Å². The zero-order chi connectivity index (χ0) is 19.4. The second-order valence-electron chi connectivity index (χ2n) is 6.78. The summed E-state index contributed by atoms with van der Waals surface area (Å²) in [6.45, 7) is 3.62. The quantitative estimate of drug-likeness (QED) is 0.724. The van der Waals surface area contributed by atoms with Gasteiger partial charge >= 0.3 is 0 Å². The van der Waals surface area contributed by atoms with Crippen LogP contribution >= 0.6 is 11.8 Å². The highest BCUT2D eigenvalue weighted by atomic mass is 32.2. The number of benzene rings is 1. The Bertz CT molecular complexity index is 818. The Kier molecular flexibility index (Phi) is 6.44. The molecule has 0 bridgehead atoms. The molecule has 2 N–H and O–H groups in total. The first kappa shape index (κ1) is 20.2. The summed E-state index contributed by atoms with van der Waals surface area (Å²) in [6.07, 6.45) is 4.84. The average molecular weight is 412 g/mol. The number of fused-ring (bicyclic) bond motifs is 1. The van der Waals surface area contributed by atoms with Gasteiger partial charge in [-0.15, -0.1) is 11.8 Å². The minimum Gasteiger partial charge on any atom is -0.341 e. The van der Waals surface area contributed by atoms with Gasteiger partial charge in [-0.05, 0) is 37.5 Å². The maximum atomic E-state index is 12.8. The van der Waals surface area contributed by atoms with Crippen LogP contribution in [-0.2, 0) is 19.6 Å². The Morgan fingerprint density at radius 3 is 2.63 bits per heavy atom. The van der Waals surface area contributed by atoms with Crippen LogP contribution in [0.15, 0.2) is 28.0 Å². The van der Waals surface area contributed by atoms with Crippen LogP contribution in [0.1, 0.15) is 39.0 Å². The van der Waals surface area contributed by atoms with Crippen LogP contribution in [0.2, 0.25) is 0 Å². The Morgan fingerprint density at radius 1 is 1.26 bits per heavy atom. The molecule has 9 heteroatoms. The van der Waals surface area contributed by atoms with Crippen molar-refractivity contribution in [3.8, 4) is 0 Å². The van der Waals surface area contributed by atoms with Crippen LogP contribution in [0.25, 0.3) is 0 Å². The van der Waals surface area contributed by atoms with E-state index in [2.05, 4.69) is 10.0 Å². The van der Waals surface area contributed by atoms with Gasteiger partial charge in [0.05, 0.1) is 10.6 Å². The zero-order valence-corrected chi connectivity index (χ0v) is 17.0. The first-order valence-electron chi connectivity index (χ1n) is 9.32. The molecule has 0 aromatic heterocycles. The van der Waals surface area contributed by atoms with Crippen LogP contribution in [0.4, 0.5) is 5.69 Å². The maximum Gasteiger partial charge on any atom is 0.247 e. The lowest BCUT2D eigenvalue weighted by Crippen LogP contribution is -2.45. The van der Waals surface area contributed by atoms with Crippen LogP contribution < -0.4 is 10.0 Å². The third-order valence-electron chi connectivity index (χ3n) is 4.69. The first-order chi connectivity index (χ1) is 12.9. The number of sulfonamides is 1. The number of amides is 2. The summed E-state index contributed by atoms with van der Waals surface area (Å²) in [7, 11) is -3.61. The Hall–Kier alpha value is -1.58. The topological polar surface area (TPSA) is 95.6 Å². The minimum atomic E-state index is -3.61. The third kappa shape index (κ3) is 4.64. The van der Waals surface area contributed by atoms with Crippen molar-refractivity contribution in [2.45, 2.75) is 54.1 Å². The number of anilines is 1. The number of thioether (sulfide) groups is 1. The van der Waals surface area contributed by atoms with E-state index in [4.69, 9.17) is 0 Å². The van der Waals surface area contributed by atoms with Gasteiger partial charge in [-0.2, -0.15) is 0 Å². The molecule has 148 valence electrons. The van der Waals surface area contributed by atoms with E-state index < -0.39 is 21.2 Å². The number of carbonyl (C=O) groups excluding carboxylic acids is 2. The first-order valence-corrected chi connectivity index (χ1v) is 11.7. The number of nitrogens with zero attached hydrogens (tertiary/aromatic N) is 1. The lowest BCUT2D eigenvalue weighted by atomic mass is 10.2. The molecule has 1 aromatic rings. The lowest BCUT2D eigenvalue weighted by molar-refractivity contribution is -0.133. The molecule has 3 rings (SSSR count). The number of nitrogens with one attached hydrogen (secondary N) is 2. The number of hydrogen-bond acceptors (Lipinski definition) is 5. The molecule has 1 saturated heterocycles. The van der Waals surface area contributed by atoms with Crippen molar-refractivity contribution in [2.75, 3.05) is 25.0 Å². The highest BCUT2D eigenvalue weighted by Gasteiger charge is 2.36. The summed E-state index contributed by atoms with van der Waals surface area (Å²) < 4.78 is 27.1. The predicted octanol–water partition coefficient (Wildman–Crippen LogP) is 2.19. The molecule has 2 aliphatic heterocycles. The fourth-order valence-electron chi connectivity index (χ4n) is 3.19. The van der Waals surface area contributed by atoms with E-state index in [1.807, 2.05) is 6.92 Å². The summed E-state index contributed by atoms with van der Waals surface area (Å²) >= 11 is 1.19. The standard InChI is InChI=1S/C18H25N3O4S2/c1-2-9-19-27(24,25)13-7-8-15-14(12-13)20-17(22)16(26-15)18(23)21-10-5-3-4-6-11-21/h7-8,12,16,19H,2-6,9-11H2,1H3,(H,20,22). The van der Waals surface area contributed by atoms with Gasteiger partial charge in [-0.3, -0.25) is 9.59 Å². The van der Waals surface area contributed by atoms with Gasteiger partial charge in [0.25, 0.3) is 0 Å². The molecule has 1 atom stereocenters. The minimum absolute atomic E-state index is 0.105. The summed E-state index contributed by atoms with van der Waals surface area (Å²) in [5.41, 5.74) is 0.435. The number of likely N-dealkylation sites (tertiary alicyclic amines) is 1. The Labute approximate surface area is 164 Å². The Balaban J connectivity index is 1.77. The largest absolute Gasteiger partial charge is 0.341 e. The van der Waals surface area contributed by atoms with Crippen LogP contribution in [-0.4, -0.2) is 50.0 Å². The average Bonchev–Trinajstić information content (AvgIpc) is 2.94. The van der Waals surface area contributed by atoms with Crippen LogP contribution in [0.5, 0.6) is 0 Å². The van der Waals surface area contributed by atoms with E-state index in [0.717, 1.165) is 25.7 Å². The monoisotopic (exact) mass is 411 g/mol. The van der Waals surface area contributed by atoms with Crippen molar-refractivity contribution in [1.82, 2.24) is 9.62 Å². The molecule has 2 aliphatic rings. The van der Waals surface area contributed by atoms with E-state index in [1.54, 1.807) is 11.0 Å². The summed E-state index contributed by atoms with van der Waals surface area (Å²) in [6, 6.07) is 4.61. The van der Waals surface area contributed by atoms with Gasteiger partial charge in [-0.25, -0.2) is 13.1 Å². The lowest BCUT2D eigenvalue weighted by Gasteiger charge is -2.28. The summed E-state index contributed by atoms with van der Waals surface area (Å²) in [4.78, 5) is 27.9. The summed E-state index contributed by atoms with van der Waals surface area (Å²) in [5.74, 6) is -0.552. The number of carbonyl (C=O) groups is 2. The van der Waals surface area contributed by atoms with Gasteiger partial charge in [0, 0.05) is 24.5 Å². The molecule has 0 saturated carbocycles. The maximum absolute atomic E-state index is 12.8. The highest BCUT2D eigenvalue weighted by molar-refractivity contribution is 8.01. The predicted molar refractivity (Wildman–Crippen MR) is 105 cm³/mol. The molecule has 0 radical (unpaired) electrons. The number of hydrogen-bond donors (Lipinski definition) is 2. The van der Waals surface area contributed by atoms with Gasteiger partial charge in [0.2, 0.25) is 21.8 Å². The molecule has 1 aromatic carbocycles. The second-order valence-corrected chi connectivity index (χ2v) is 9.70. The SMILES string of the molecule is CCCNS(=O)(=O)c1ccc2c(c1)NC(=O)C(C(=O)N1CCCCCC1)S2. The van der Waals surface area contributed by atoms with Gasteiger partial charge < -0.3 is 10.2 Å². The molecule has 2 heterocycles. The van der Waals surface area contributed by atoms with E-state index in [9.17, 15) is 18.0 Å². The highest BCUT2D eigenvalue weighted by Crippen LogP contribution is 2.37. The molecule has 2 amide bonds. The fourth-order valence-corrected chi connectivity index (χ4v) is 5.41.